The summed E-state index contributed by atoms with van der Waals surface area (Å²) in [5, 5.41) is 12.4. The van der Waals surface area contributed by atoms with Gasteiger partial charge in [0.1, 0.15) is 0 Å². The van der Waals surface area contributed by atoms with E-state index in [4.69, 9.17) is 6.58 Å². The first kappa shape index (κ1) is 51.8. The van der Waals surface area contributed by atoms with Crippen LogP contribution in [0.25, 0.3) is 5.57 Å². The van der Waals surface area contributed by atoms with Crippen LogP contribution in [0.1, 0.15) is 194 Å². The molecule has 0 aromatic heterocycles. The summed E-state index contributed by atoms with van der Waals surface area (Å²) in [6, 6.07) is 0.117. The number of fused-ring (bicyclic) bond motifs is 1. The topological polar surface area (TPSA) is 39.3 Å². The molecule has 4 heteroatoms. The number of hydrogen-bond donors (Lipinski definition) is 3. The van der Waals surface area contributed by atoms with Crippen molar-refractivity contribution < 1.29 is 0 Å². The maximum atomic E-state index is 4.92. The van der Waals surface area contributed by atoms with Crippen molar-refractivity contribution in [2.45, 2.75) is 193 Å². The quantitative estimate of drug-likeness (QED) is 0.249. The van der Waals surface area contributed by atoms with Crippen LogP contribution in [0.2, 0.25) is 0 Å². The van der Waals surface area contributed by atoms with Crippen molar-refractivity contribution in [1.29, 1.82) is 0 Å². The van der Waals surface area contributed by atoms with Gasteiger partial charge in [-0.25, -0.2) is 0 Å². The highest BCUT2D eigenvalue weighted by molar-refractivity contribution is 5.87. The number of allylic oxidation sites excluding steroid dienone is 6. The van der Waals surface area contributed by atoms with Gasteiger partial charge < -0.3 is 15.5 Å². The number of piperidine rings is 1. The second-order valence-electron chi connectivity index (χ2n) is 21.4. The molecule has 4 bridgehead atoms. The minimum Gasteiger partial charge on any atom is -0.367 e. The monoisotopic (exact) mass is 849 g/mol. The van der Waals surface area contributed by atoms with Gasteiger partial charge in [-0.1, -0.05) is 140 Å². The Bertz CT molecular complexity index is 1780. The molecule has 6 unspecified atom stereocenters. The summed E-state index contributed by atoms with van der Waals surface area (Å²) in [6.07, 6.45) is 23.5. The molecule has 2 saturated heterocycles. The van der Waals surface area contributed by atoms with E-state index in [1.54, 1.807) is 11.1 Å². The van der Waals surface area contributed by atoms with E-state index >= 15 is 0 Å². The Morgan fingerprint density at radius 1 is 0.871 bits per heavy atom. The molecule has 1 aromatic rings. The molecule has 0 radical (unpaired) electrons. The number of rotatable bonds is 6. The predicted octanol–water partition coefficient (Wildman–Crippen LogP) is 15.1. The fraction of sp³-hybridized carbons (Fsp3) is 0.690. The first-order valence-corrected chi connectivity index (χ1v) is 25.7. The van der Waals surface area contributed by atoms with Crippen molar-refractivity contribution in [3.8, 4) is 0 Å². The van der Waals surface area contributed by atoms with Crippen LogP contribution in [0.4, 0.5) is 0 Å². The van der Waals surface area contributed by atoms with E-state index in [9.17, 15) is 0 Å². The van der Waals surface area contributed by atoms with Crippen molar-refractivity contribution in [2.24, 2.45) is 46.8 Å². The third-order valence-corrected chi connectivity index (χ3v) is 16.3. The van der Waals surface area contributed by atoms with Crippen LogP contribution in [0, 0.1) is 60.7 Å². The molecule has 8 atom stereocenters. The van der Waals surface area contributed by atoms with Gasteiger partial charge in [0.15, 0.2) is 0 Å². The molecule has 62 heavy (non-hydrogen) atoms. The van der Waals surface area contributed by atoms with Gasteiger partial charge in [0.25, 0.3) is 0 Å². The highest BCUT2D eigenvalue weighted by Crippen LogP contribution is 2.54. The lowest BCUT2D eigenvalue weighted by molar-refractivity contribution is 0.118. The number of nitrogens with zero attached hydrogens (tertiary/aromatic N) is 1. The van der Waals surface area contributed by atoms with E-state index in [-0.39, 0.29) is 17.1 Å². The van der Waals surface area contributed by atoms with Gasteiger partial charge in [0.05, 0.1) is 23.1 Å². The molecule has 0 saturated carbocycles. The van der Waals surface area contributed by atoms with Gasteiger partial charge in [-0.2, -0.15) is 0 Å². The van der Waals surface area contributed by atoms with Crippen molar-refractivity contribution in [1.82, 2.24) is 20.9 Å². The van der Waals surface area contributed by atoms with Crippen molar-refractivity contribution in [2.75, 3.05) is 19.6 Å². The summed E-state index contributed by atoms with van der Waals surface area (Å²) in [5.41, 5.74) is 14.8. The minimum atomic E-state index is -0.124. The fourth-order valence-electron chi connectivity index (χ4n) is 12.1. The van der Waals surface area contributed by atoms with Crippen LogP contribution < -0.4 is 16.0 Å². The standard InChI is InChI=1S/C51H80N4.C5H10.C2H6/c1-15-41-22-23-50(14)28-43-36(9)37(10)45-39(12)47(49-48(46(45)44(43)29-50)53-51(54-49)24-26-55(27-25-51)30-31(3)4)52-40(13)34(7)19-17-18-32(5)20-21-33(6)35(8)42(16-2)38(41)11;1-3-5-4-2;1-2/h17-19,31-33,35,38,41-42,48,52-54H,12-13,15-16,20-30H2,1-11,14H3;3H,1,4-5H2,2H3;1-2H3/b18-17+,34-19-;;/t32-,33?,35?,38?,41?,42-,48?,50?;;/m0../s1. The second kappa shape index (κ2) is 22.9. The highest BCUT2D eigenvalue weighted by Gasteiger charge is 2.50. The normalized spacial score (nSPS) is 31.6. The van der Waals surface area contributed by atoms with Gasteiger partial charge >= 0.3 is 0 Å². The molecular weight excluding hydrogens is 753 g/mol. The predicted molar refractivity (Wildman–Crippen MR) is 274 cm³/mol. The van der Waals surface area contributed by atoms with Gasteiger partial charge in [-0.05, 0) is 164 Å². The largest absolute Gasteiger partial charge is 0.367 e. The van der Waals surface area contributed by atoms with E-state index in [0.717, 1.165) is 90.9 Å². The first-order valence-electron chi connectivity index (χ1n) is 25.7. The maximum Gasteiger partial charge on any atom is 0.0912 e. The van der Waals surface area contributed by atoms with Gasteiger partial charge in [0.2, 0.25) is 0 Å². The third kappa shape index (κ3) is 11.7. The lowest BCUT2D eigenvalue weighted by Crippen LogP contribution is -2.56. The number of unbranched alkanes of at least 4 members (excludes halogenated alkanes) is 1. The average molecular weight is 849 g/mol. The molecular formula is C58H96N4. The molecule has 3 N–H and O–H groups in total. The highest BCUT2D eigenvalue weighted by atomic mass is 15.3. The molecule has 2 fully saturated rings. The van der Waals surface area contributed by atoms with Gasteiger partial charge in [-0.3, -0.25) is 5.32 Å². The Morgan fingerprint density at radius 3 is 2.11 bits per heavy atom. The number of nitrogens with one attached hydrogen (secondary N) is 3. The summed E-state index contributed by atoms with van der Waals surface area (Å²) in [4.78, 5) is 2.67. The Kier molecular flexibility index (Phi) is 19.1. The molecule has 1 aromatic carbocycles. The number of hydrogen-bond acceptors (Lipinski definition) is 4. The molecule has 1 spiro atoms. The second-order valence-corrected chi connectivity index (χ2v) is 21.4. The average Bonchev–Trinajstić information content (AvgIpc) is 3.80. The Balaban J connectivity index is 0.00000113. The van der Waals surface area contributed by atoms with E-state index in [0.29, 0.717) is 11.8 Å². The molecule has 5 aliphatic rings. The van der Waals surface area contributed by atoms with Crippen molar-refractivity contribution >= 4 is 5.57 Å². The Hall–Kier alpha value is -2.82. The van der Waals surface area contributed by atoms with Crippen LogP contribution in [-0.2, 0) is 12.8 Å². The van der Waals surface area contributed by atoms with Crippen LogP contribution in [0.5, 0.6) is 0 Å². The van der Waals surface area contributed by atoms with Crippen molar-refractivity contribution in [3.05, 3.63) is 100 Å². The summed E-state index contributed by atoms with van der Waals surface area (Å²) in [5.74, 6) is 5.01. The van der Waals surface area contributed by atoms with E-state index in [1.807, 2.05) is 19.9 Å². The van der Waals surface area contributed by atoms with Gasteiger partial charge in [0, 0.05) is 30.9 Å². The fourth-order valence-corrected chi connectivity index (χ4v) is 12.1. The SMILES string of the molecule is C=C1NC2=C3NC4(CCN(CC(C)C)CC4)NC3c3c4c(c(C)c(C)c3C2=C)CC(C)(CCC(CC)C(C)[C@@H](CC)C(C)C(C)CC[C@@H](C)/C=C/C=C\1C)C4.C=CCCC.CC. The zero-order chi connectivity index (χ0) is 46.1. The lowest BCUT2D eigenvalue weighted by atomic mass is 9.67. The van der Waals surface area contributed by atoms with Crippen LogP contribution in [0.3, 0.4) is 0 Å². The summed E-state index contributed by atoms with van der Waals surface area (Å²) < 4.78 is 0. The number of benzene rings is 1. The first-order chi connectivity index (χ1) is 29.4. The van der Waals surface area contributed by atoms with E-state index < -0.39 is 0 Å². The lowest BCUT2D eigenvalue weighted by Gasteiger charge is -2.40. The van der Waals surface area contributed by atoms with Crippen LogP contribution in [0.15, 0.2) is 66.7 Å². The Morgan fingerprint density at radius 2 is 1.53 bits per heavy atom. The molecule has 4 nitrogen and oxygen atoms in total. The molecule has 348 valence electrons. The molecule has 3 heterocycles. The zero-order valence-corrected chi connectivity index (χ0v) is 43.1. The van der Waals surface area contributed by atoms with Crippen LogP contribution in [-0.4, -0.2) is 30.2 Å². The third-order valence-electron chi connectivity index (χ3n) is 16.3. The zero-order valence-electron chi connectivity index (χ0n) is 43.1. The smallest absolute Gasteiger partial charge is 0.0912 e. The van der Waals surface area contributed by atoms with Gasteiger partial charge in [-0.15, -0.1) is 6.58 Å². The summed E-state index contributed by atoms with van der Waals surface area (Å²) in [6.45, 7) is 52.0. The summed E-state index contributed by atoms with van der Waals surface area (Å²) >= 11 is 0. The molecule has 2 aliphatic carbocycles. The number of likely N-dealkylation sites (tertiary alicyclic amines) is 1. The van der Waals surface area contributed by atoms with E-state index in [2.05, 4.69) is 142 Å². The minimum absolute atomic E-state index is 0.117. The molecule has 6 rings (SSSR count). The van der Waals surface area contributed by atoms with Crippen LogP contribution >= 0.6 is 0 Å². The Labute approximate surface area is 384 Å². The maximum absolute atomic E-state index is 4.92. The molecule has 0 amide bonds. The van der Waals surface area contributed by atoms with Crippen molar-refractivity contribution in [3.63, 3.8) is 0 Å². The van der Waals surface area contributed by atoms with E-state index in [1.165, 1.54) is 85.9 Å². The summed E-state index contributed by atoms with van der Waals surface area (Å²) in [7, 11) is 0. The molecule has 3 aliphatic heterocycles.